The van der Waals surface area contributed by atoms with Crippen molar-refractivity contribution in [3.05, 3.63) is 0 Å². The molecule has 1 heterocycles. The number of rotatable bonds is 8. The van der Waals surface area contributed by atoms with Crippen LogP contribution in [-0.4, -0.2) is 29.6 Å². The molecular weight excluding hydrogens is 220 g/mol. The zero-order chi connectivity index (χ0) is 13.6. The molecule has 0 aromatic rings. The Bertz CT molecular complexity index is 213. The molecule has 0 aromatic carbocycles. The van der Waals surface area contributed by atoms with E-state index >= 15 is 0 Å². The minimum atomic E-state index is 0.263. The van der Waals surface area contributed by atoms with Gasteiger partial charge < -0.3 is 5.73 Å². The monoisotopic (exact) mass is 254 g/mol. The van der Waals surface area contributed by atoms with Gasteiger partial charge in [-0.2, -0.15) is 0 Å². The van der Waals surface area contributed by atoms with E-state index in [1.807, 2.05) is 0 Å². The van der Waals surface area contributed by atoms with E-state index in [1.165, 1.54) is 58.0 Å². The highest BCUT2D eigenvalue weighted by Gasteiger charge is 2.40. The number of hydrogen-bond donors (Lipinski definition) is 1. The molecule has 1 aliphatic rings. The fourth-order valence-electron chi connectivity index (χ4n) is 3.82. The highest BCUT2D eigenvalue weighted by atomic mass is 15.2. The summed E-state index contributed by atoms with van der Waals surface area (Å²) in [6.07, 6.45) is 8.86. The largest absolute Gasteiger partial charge is 0.326 e. The van der Waals surface area contributed by atoms with Crippen LogP contribution in [0, 0.1) is 5.92 Å². The third-order valence-corrected chi connectivity index (χ3v) is 5.39. The van der Waals surface area contributed by atoms with Crippen LogP contribution in [-0.2, 0) is 0 Å². The lowest BCUT2D eigenvalue weighted by Gasteiger charge is -2.46. The van der Waals surface area contributed by atoms with E-state index in [0.29, 0.717) is 6.04 Å². The summed E-state index contributed by atoms with van der Waals surface area (Å²) in [6.45, 7) is 11.8. The maximum absolute atomic E-state index is 6.66. The first kappa shape index (κ1) is 16.0. The predicted octanol–water partition coefficient (Wildman–Crippen LogP) is 3.79. The van der Waals surface area contributed by atoms with Crippen molar-refractivity contribution in [2.45, 2.75) is 84.2 Å². The van der Waals surface area contributed by atoms with E-state index < -0.39 is 0 Å². The van der Waals surface area contributed by atoms with Crippen LogP contribution in [0.4, 0.5) is 0 Å². The van der Waals surface area contributed by atoms with Crippen LogP contribution in [0.15, 0.2) is 0 Å². The van der Waals surface area contributed by atoms with Gasteiger partial charge in [0.05, 0.1) is 0 Å². The molecule has 108 valence electrons. The van der Waals surface area contributed by atoms with Gasteiger partial charge in [0.15, 0.2) is 0 Å². The van der Waals surface area contributed by atoms with Crippen molar-refractivity contribution in [2.75, 3.05) is 13.1 Å². The van der Waals surface area contributed by atoms with Crippen molar-refractivity contribution in [1.29, 1.82) is 0 Å². The van der Waals surface area contributed by atoms with Crippen LogP contribution in [0.1, 0.15) is 72.6 Å². The van der Waals surface area contributed by atoms with Gasteiger partial charge in [0.25, 0.3) is 0 Å². The first-order valence-electron chi connectivity index (χ1n) is 8.15. The molecule has 0 saturated carbocycles. The zero-order valence-corrected chi connectivity index (χ0v) is 13.0. The topological polar surface area (TPSA) is 29.3 Å². The Balaban J connectivity index is 2.75. The molecule has 18 heavy (non-hydrogen) atoms. The van der Waals surface area contributed by atoms with Crippen molar-refractivity contribution in [2.24, 2.45) is 11.7 Å². The number of nitrogens with zero attached hydrogens (tertiary/aromatic N) is 1. The highest BCUT2D eigenvalue weighted by Crippen LogP contribution is 2.33. The van der Waals surface area contributed by atoms with Gasteiger partial charge in [-0.15, -0.1) is 0 Å². The van der Waals surface area contributed by atoms with Gasteiger partial charge in [-0.1, -0.05) is 40.5 Å². The summed E-state index contributed by atoms with van der Waals surface area (Å²) in [5, 5.41) is 0. The standard InChI is InChI=1S/C16H34N2/c1-5-14(6-2)13-15(17)16(7-3,8-4)18-11-9-10-12-18/h14-15H,5-13,17H2,1-4H3. The second-order valence-electron chi connectivity index (χ2n) is 6.03. The molecule has 0 aromatic heterocycles. The molecule has 2 heteroatoms. The molecule has 1 unspecified atom stereocenters. The number of likely N-dealkylation sites (tertiary alicyclic amines) is 1. The summed E-state index contributed by atoms with van der Waals surface area (Å²) in [4.78, 5) is 2.69. The van der Waals surface area contributed by atoms with Crippen LogP contribution in [0.5, 0.6) is 0 Å². The number of hydrogen-bond acceptors (Lipinski definition) is 2. The molecule has 0 bridgehead atoms. The molecule has 0 aliphatic carbocycles. The van der Waals surface area contributed by atoms with Gasteiger partial charge >= 0.3 is 0 Å². The van der Waals surface area contributed by atoms with Gasteiger partial charge in [-0.05, 0) is 51.1 Å². The first-order valence-corrected chi connectivity index (χ1v) is 8.15. The summed E-state index contributed by atoms with van der Waals surface area (Å²) in [6, 6.07) is 0.343. The first-order chi connectivity index (χ1) is 8.64. The molecule has 1 atom stereocenters. The molecular formula is C16H34N2. The molecule has 2 N–H and O–H groups in total. The SMILES string of the molecule is CCC(CC)CC(N)C(CC)(CC)N1CCCC1. The highest BCUT2D eigenvalue weighted by molar-refractivity contribution is 4.99. The molecule has 1 fully saturated rings. The van der Waals surface area contributed by atoms with Crippen molar-refractivity contribution in [3.63, 3.8) is 0 Å². The zero-order valence-electron chi connectivity index (χ0n) is 13.0. The summed E-state index contributed by atoms with van der Waals surface area (Å²) in [5.41, 5.74) is 6.93. The molecule has 0 amide bonds. The lowest BCUT2D eigenvalue weighted by atomic mass is 9.78. The lowest BCUT2D eigenvalue weighted by molar-refractivity contribution is 0.0666. The summed E-state index contributed by atoms with van der Waals surface area (Å²) >= 11 is 0. The van der Waals surface area contributed by atoms with Crippen LogP contribution in [0.25, 0.3) is 0 Å². The Morgan fingerprint density at radius 3 is 1.89 bits per heavy atom. The summed E-state index contributed by atoms with van der Waals surface area (Å²) in [7, 11) is 0. The van der Waals surface area contributed by atoms with Gasteiger partial charge in [-0.25, -0.2) is 0 Å². The minimum Gasteiger partial charge on any atom is -0.326 e. The summed E-state index contributed by atoms with van der Waals surface area (Å²) < 4.78 is 0. The van der Waals surface area contributed by atoms with Crippen LogP contribution < -0.4 is 5.73 Å². The second-order valence-corrected chi connectivity index (χ2v) is 6.03. The fourth-order valence-corrected chi connectivity index (χ4v) is 3.82. The quantitative estimate of drug-likeness (QED) is 0.714. The molecule has 1 aliphatic heterocycles. The third kappa shape index (κ3) is 3.27. The minimum absolute atomic E-state index is 0.263. The molecule has 0 spiro atoms. The lowest BCUT2D eigenvalue weighted by Crippen LogP contribution is -2.59. The predicted molar refractivity (Wildman–Crippen MR) is 80.8 cm³/mol. The average Bonchev–Trinajstić information content (AvgIpc) is 2.92. The third-order valence-electron chi connectivity index (χ3n) is 5.39. The van der Waals surface area contributed by atoms with Crippen LogP contribution in [0.3, 0.4) is 0 Å². The van der Waals surface area contributed by atoms with E-state index in [-0.39, 0.29) is 5.54 Å². The average molecular weight is 254 g/mol. The molecule has 1 saturated heterocycles. The van der Waals surface area contributed by atoms with Crippen molar-refractivity contribution in [3.8, 4) is 0 Å². The van der Waals surface area contributed by atoms with Crippen LogP contribution in [0.2, 0.25) is 0 Å². The van der Waals surface area contributed by atoms with Crippen molar-refractivity contribution < 1.29 is 0 Å². The Morgan fingerprint density at radius 2 is 1.50 bits per heavy atom. The van der Waals surface area contributed by atoms with E-state index in [9.17, 15) is 0 Å². The van der Waals surface area contributed by atoms with Gasteiger partial charge in [0.2, 0.25) is 0 Å². The van der Waals surface area contributed by atoms with E-state index in [1.54, 1.807) is 0 Å². The maximum atomic E-state index is 6.66. The molecule has 0 radical (unpaired) electrons. The van der Waals surface area contributed by atoms with Crippen LogP contribution >= 0.6 is 0 Å². The Kier molecular flexibility index (Phi) is 6.65. The Hall–Kier alpha value is -0.0800. The fraction of sp³-hybridized carbons (Fsp3) is 1.00. The van der Waals surface area contributed by atoms with Gasteiger partial charge in [0, 0.05) is 11.6 Å². The van der Waals surface area contributed by atoms with E-state index in [0.717, 1.165) is 5.92 Å². The van der Waals surface area contributed by atoms with Gasteiger partial charge in [-0.3, -0.25) is 4.90 Å². The molecule has 1 rings (SSSR count). The van der Waals surface area contributed by atoms with Crippen molar-refractivity contribution in [1.82, 2.24) is 4.90 Å². The smallest absolute Gasteiger partial charge is 0.0355 e. The normalized spacial score (nSPS) is 19.7. The number of nitrogens with two attached hydrogens (primary N) is 1. The Labute approximate surface area is 114 Å². The van der Waals surface area contributed by atoms with E-state index in [4.69, 9.17) is 5.73 Å². The van der Waals surface area contributed by atoms with E-state index in [2.05, 4.69) is 32.6 Å². The maximum Gasteiger partial charge on any atom is 0.0355 e. The second kappa shape index (κ2) is 7.49. The summed E-state index contributed by atoms with van der Waals surface area (Å²) in [5.74, 6) is 0.806. The van der Waals surface area contributed by atoms with Gasteiger partial charge in [0.1, 0.15) is 0 Å². The Morgan fingerprint density at radius 1 is 1.00 bits per heavy atom. The molecule has 2 nitrogen and oxygen atoms in total. The van der Waals surface area contributed by atoms with Crippen molar-refractivity contribution >= 4 is 0 Å².